The normalized spacial score (nSPS) is 20.3. The van der Waals surface area contributed by atoms with Gasteiger partial charge in [-0.3, -0.25) is 0 Å². The molecule has 3 rings (SSSR count). The molecular formula is C15H18BFO4S2. The van der Waals surface area contributed by atoms with Gasteiger partial charge >= 0.3 is 17.3 Å². The summed E-state index contributed by atoms with van der Waals surface area (Å²) >= 11 is 0.922. The third-order valence-electron chi connectivity index (χ3n) is 4.68. The summed E-state index contributed by atoms with van der Waals surface area (Å²) < 4.78 is 48.7. The van der Waals surface area contributed by atoms with E-state index in [0.29, 0.717) is 15.6 Å². The van der Waals surface area contributed by atoms with E-state index in [2.05, 4.69) is 0 Å². The van der Waals surface area contributed by atoms with Crippen LogP contribution >= 0.6 is 11.3 Å². The fourth-order valence-corrected chi connectivity index (χ4v) is 4.82. The van der Waals surface area contributed by atoms with Crippen molar-refractivity contribution >= 4 is 44.2 Å². The second-order valence-electron chi connectivity index (χ2n) is 6.76. The smallest absolute Gasteiger partial charge is 0.399 e. The number of benzene rings is 1. The number of thiophene rings is 1. The Labute approximate surface area is 140 Å². The van der Waals surface area contributed by atoms with Gasteiger partial charge in [0.15, 0.2) is 4.21 Å². The third-order valence-corrected chi connectivity index (χ3v) is 7.43. The van der Waals surface area contributed by atoms with Gasteiger partial charge in [-0.05, 0) is 45.6 Å². The predicted octanol–water partition coefficient (Wildman–Crippen LogP) is 3.17. The molecule has 1 aromatic heterocycles. The molecule has 1 aliphatic heterocycles. The summed E-state index contributed by atoms with van der Waals surface area (Å²) in [6.45, 7) is 9.41. The average molecular weight is 356 g/mol. The van der Waals surface area contributed by atoms with Crippen LogP contribution in [0.3, 0.4) is 0 Å². The van der Waals surface area contributed by atoms with Crippen LogP contribution in [0.1, 0.15) is 33.3 Å². The lowest BCUT2D eigenvalue weighted by molar-refractivity contribution is 0.00578. The molecule has 0 spiro atoms. The van der Waals surface area contributed by atoms with Gasteiger partial charge in [0.2, 0.25) is 0 Å². The maximum absolute atomic E-state index is 13.5. The van der Waals surface area contributed by atoms with Crippen molar-refractivity contribution in [1.82, 2.24) is 0 Å². The van der Waals surface area contributed by atoms with Crippen molar-refractivity contribution < 1.29 is 21.6 Å². The zero-order valence-corrected chi connectivity index (χ0v) is 15.3. The zero-order valence-electron chi connectivity index (χ0n) is 13.6. The summed E-state index contributed by atoms with van der Waals surface area (Å²) in [4.78, 5) is 0. The molecule has 0 saturated carbocycles. The first-order chi connectivity index (χ1) is 10.4. The molecule has 1 aromatic carbocycles. The van der Waals surface area contributed by atoms with Crippen LogP contribution < -0.4 is 5.46 Å². The summed E-state index contributed by atoms with van der Waals surface area (Å²) in [5, 5.41) is 0.707. The molecule has 1 saturated heterocycles. The molecule has 0 bridgehead atoms. The molecule has 0 radical (unpaired) electrons. The number of rotatable bonds is 2. The first-order valence-electron chi connectivity index (χ1n) is 7.26. The maximum atomic E-state index is 13.5. The van der Waals surface area contributed by atoms with E-state index < -0.39 is 28.5 Å². The van der Waals surface area contributed by atoms with E-state index in [0.717, 1.165) is 16.8 Å². The highest BCUT2D eigenvalue weighted by Gasteiger charge is 2.52. The van der Waals surface area contributed by atoms with Crippen molar-refractivity contribution in [3.05, 3.63) is 23.8 Å². The summed E-state index contributed by atoms with van der Waals surface area (Å²) in [6, 6.07) is 5.41. The predicted molar refractivity (Wildman–Crippen MR) is 90.6 cm³/mol. The van der Waals surface area contributed by atoms with Gasteiger partial charge in [0, 0.05) is 10.2 Å². The third kappa shape index (κ3) is 2.61. The second-order valence-corrected chi connectivity index (χ2v) is 9.33. The van der Waals surface area contributed by atoms with Crippen molar-refractivity contribution in [2.75, 3.05) is 0 Å². The number of hydrogen-bond donors (Lipinski definition) is 0. The van der Waals surface area contributed by atoms with Crippen LogP contribution in [0, 0.1) is 6.92 Å². The van der Waals surface area contributed by atoms with E-state index in [9.17, 15) is 12.3 Å². The average Bonchev–Trinajstić information content (AvgIpc) is 2.84. The summed E-state index contributed by atoms with van der Waals surface area (Å²) in [5.41, 5.74) is 0.150. The fourth-order valence-electron chi connectivity index (χ4n) is 2.63. The lowest BCUT2D eigenvalue weighted by Crippen LogP contribution is -2.41. The van der Waals surface area contributed by atoms with Gasteiger partial charge in [-0.25, -0.2) is 0 Å². The minimum atomic E-state index is -4.74. The Hall–Kier alpha value is -0.955. The van der Waals surface area contributed by atoms with Gasteiger partial charge in [0.05, 0.1) is 11.2 Å². The van der Waals surface area contributed by atoms with Crippen LogP contribution in [0.2, 0.25) is 0 Å². The molecular weight excluding hydrogens is 338 g/mol. The van der Waals surface area contributed by atoms with Crippen LogP contribution in [-0.4, -0.2) is 26.7 Å². The molecule has 0 atom stereocenters. The Balaban J connectivity index is 2.18. The molecule has 1 fully saturated rings. The Morgan fingerprint density at radius 1 is 1.13 bits per heavy atom. The number of fused-ring (bicyclic) bond motifs is 1. The van der Waals surface area contributed by atoms with E-state index in [-0.39, 0.29) is 4.21 Å². The topological polar surface area (TPSA) is 52.6 Å². The molecule has 4 nitrogen and oxygen atoms in total. The van der Waals surface area contributed by atoms with Crippen molar-refractivity contribution in [1.29, 1.82) is 0 Å². The maximum Gasteiger partial charge on any atom is 0.496 e. The quantitative estimate of drug-likeness (QED) is 0.613. The van der Waals surface area contributed by atoms with Crippen LogP contribution in [0.4, 0.5) is 3.89 Å². The van der Waals surface area contributed by atoms with Gasteiger partial charge in [0.25, 0.3) is 0 Å². The number of hydrogen-bond acceptors (Lipinski definition) is 5. The molecule has 23 heavy (non-hydrogen) atoms. The largest absolute Gasteiger partial charge is 0.496 e. The van der Waals surface area contributed by atoms with E-state index in [1.165, 1.54) is 0 Å². The van der Waals surface area contributed by atoms with Crippen molar-refractivity contribution in [2.24, 2.45) is 0 Å². The highest BCUT2D eigenvalue weighted by atomic mass is 32.3. The summed E-state index contributed by atoms with van der Waals surface area (Å²) in [5.74, 6) is 0. The molecule has 0 amide bonds. The van der Waals surface area contributed by atoms with Crippen LogP contribution in [0.25, 0.3) is 10.1 Å². The Kier molecular flexibility index (Phi) is 3.69. The molecule has 0 N–H and O–H groups in total. The van der Waals surface area contributed by atoms with Crippen molar-refractivity contribution in [3.8, 4) is 0 Å². The minimum absolute atomic E-state index is 0.253. The van der Waals surface area contributed by atoms with Crippen LogP contribution in [0.5, 0.6) is 0 Å². The van der Waals surface area contributed by atoms with Gasteiger partial charge in [-0.15, -0.1) is 11.3 Å². The molecule has 2 heterocycles. The van der Waals surface area contributed by atoms with Crippen molar-refractivity contribution in [2.45, 2.75) is 50.0 Å². The highest BCUT2D eigenvalue weighted by molar-refractivity contribution is 7.88. The SMILES string of the molecule is Cc1c(S(=O)(=O)F)sc2c(B3OC(C)(C)C(C)(C)O3)cccc12. The number of aryl methyl sites for hydroxylation is 1. The van der Waals surface area contributed by atoms with E-state index in [1.54, 1.807) is 19.1 Å². The molecule has 2 aromatic rings. The van der Waals surface area contributed by atoms with Gasteiger partial charge in [-0.2, -0.15) is 8.42 Å². The first kappa shape index (κ1) is 16.9. The fraction of sp³-hybridized carbons (Fsp3) is 0.467. The summed E-state index contributed by atoms with van der Waals surface area (Å²) in [6.07, 6.45) is 0. The Bertz CT molecular complexity index is 870. The van der Waals surface area contributed by atoms with Gasteiger partial charge in [0.1, 0.15) is 0 Å². The monoisotopic (exact) mass is 356 g/mol. The van der Waals surface area contributed by atoms with E-state index in [1.807, 2.05) is 33.8 Å². The molecule has 1 aliphatic rings. The minimum Gasteiger partial charge on any atom is -0.399 e. The lowest BCUT2D eigenvalue weighted by Gasteiger charge is -2.32. The molecule has 0 aliphatic carbocycles. The second kappa shape index (κ2) is 5.02. The number of halogens is 1. The lowest BCUT2D eigenvalue weighted by atomic mass is 9.78. The highest BCUT2D eigenvalue weighted by Crippen LogP contribution is 2.39. The molecule has 124 valence electrons. The van der Waals surface area contributed by atoms with Crippen LogP contribution in [0.15, 0.2) is 22.4 Å². The Morgan fingerprint density at radius 3 is 2.22 bits per heavy atom. The molecule has 0 unspecified atom stereocenters. The van der Waals surface area contributed by atoms with E-state index >= 15 is 0 Å². The van der Waals surface area contributed by atoms with Crippen LogP contribution in [-0.2, 0) is 19.5 Å². The van der Waals surface area contributed by atoms with Gasteiger partial charge in [-0.1, -0.05) is 22.1 Å². The first-order valence-corrected chi connectivity index (χ1v) is 9.46. The van der Waals surface area contributed by atoms with Gasteiger partial charge < -0.3 is 9.31 Å². The summed E-state index contributed by atoms with van der Waals surface area (Å²) in [7, 11) is -5.36. The zero-order chi connectivity index (χ0) is 17.2. The van der Waals surface area contributed by atoms with E-state index in [4.69, 9.17) is 9.31 Å². The Morgan fingerprint density at radius 2 is 1.70 bits per heavy atom. The van der Waals surface area contributed by atoms with Crippen molar-refractivity contribution in [3.63, 3.8) is 0 Å². The standard InChI is InChI=1S/C15H18BFO4S2/c1-9-10-7-6-8-11(12(10)22-13(9)23(17,18)19)16-20-14(2,3)15(4,5)21-16/h6-8H,1-5H3. The molecule has 8 heteroatoms.